The van der Waals surface area contributed by atoms with Crippen molar-refractivity contribution in [2.45, 2.75) is 25.3 Å². The molecule has 1 aromatic heterocycles. The number of amides is 1. The number of nitrogens with two attached hydrogens (primary N) is 1. The molecular formula is C15H19N3O2. The highest BCUT2D eigenvalue weighted by Gasteiger charge is 2.12. The number of carbonyl (C=O) groups excluding carboxylic acids is 1. The molecule has 106 valence electrons. The molecule has 2 rings (SSSR count). The largest absolute Gasteiger partial charge is 0.394 e. The summed E-state index contributed by atoms with van der Waals surface area (Å²) in [7, 11) is 0. The fourth-order valence-electron chi connectivity index (χ4n) is 2.18. The number of nitrogens with zero attached hydrogens (tertiary/aromatic N) is 2. The summed E-state index contributed by atoms with van der Waals surface area (Å²) in [6.45, 7) is 0.0172. The molecule has 0 saturated carbocycles. The minimum atomic E-state index is -0.551. The Hall–Kier alpha value is -2.14. The van der Waals surface area contributed by atoms with Crippen molar-refractivity contribution in [2.24, 2.45) is 5.73 Å². The zero-order chi connectivity index (χ0) is 14.4. The van der Waals surface area contributed by atoms with Crippen molar-refractivity contribution in [1.82, 2.24) is 9.55 Å². The Bertz CT molecular complexity index is 551. The minimum Gasteiger partial charge on any atom is -0.394 e. The van der Waals surface area contributed by atoms with Crippen LogP contribution >= 0.6 is 0 Å². The molecular weight excluding hydrogens is 254 g/mol. The van der Waals surface area contributed by atoms with E-state index in [1.54, 1.807) is 17.1 Å². The third-order valence-electron chi connectivity index (χ3n) is 3.33. The quantitative estimate of drug-likeness (QED) is 0.803. The Labute approximate surface area is 118 Å². The third kappa shape index (κ3) is 3.68. The number of imidazole rings is 1. The number of aliphatic hydroxyl groups excluding tert-OH is 1. The average molecular weight is 273 g/mol. The molecule has 3 N–H and O–H groups in total. The number of hydrogen-bond acceptors (Lipinski definition) is 3. The second kappa shape index (κ2) is 6.86. The lowest BCUT2D eigenvalue weighted by atomic mass is 10.1. The van der Waals surface area contributed by atoms with E-state index in [0.29, 0.717) is 0 Å². The summed E-state index contributed by atoms with van der Waals surface area (Å²) >= 11 is 0. The van der Waals surface area contributed by atoms with Crippen molar-refractivity contribution < 1.29 is 9.90 Å². The Morgan fingerprint density at radius 3 is 2.70 bits per heavy atom. The Morgan fingerprint density at radius 1 is 1.35 bits per heavy atom. The van der Waals surface area contributed by atoms with E-state index < -0.39 is 5.91 Å². The second-order valence-corrected chi connectivity index (χ2v) is 4.78. The zero-order valence-electron chi connectivity index (χ0n) is 11.3. The topological polar surface area (TPSA) is 81.1 Å². The number of carbonyl (C=O) groups is 1. The van der Waals surface area contributed by atoms with Gasteiger partial charge in [-0.1, -0.05) is 30.3 Å². The second-order valence-electron chi connectivity index (χ2n) is 4.78. The SMILES string of the molecule is NC(=O)c1cn(C(CO)CCCc2ccccc2)cn1. The van der Waals surface area contributed by atoms with Crippen LogP contribution in [0.3, 0.4) is 0 Å². The van der Waals surface area contributed by atoms with E-state index in [1.807, 2.05) is 18.2 Å². The first-order valence-corrected chi connectivity index (χ1v) is 6.68. The smallest absolute Gasteiger partial charge is 0.268 e. The summed E-state index contributed by atoms with van der Waals surface area (Å²) in [4.78, 5) is 14.9. The summed E-state index contributed by atoms with van der Waals surface area (Å²) in [6, 6.07) is 10.2. The van der Waals surface area contributed by atoms with Gasteiger partial charge in [0.05, 0.1) is 19.0 Å². The van der Waals surface area contributed by atoms with Crippen LogP contribution < -0.4 is 5.73 Å². The van der Waals surface area contributed by atoms with Gasteiger partial charge in [0.25, 0.3) is 5.91 Å². The molecule has 0 aliphatic heterocycles. The highest BCUT2D eigenvalue weighted by atomic mass is 16.3. The summed E-state index contributed by atoms with van der Waals surface area (Å²) in [6.07, 6.45) is 5.88. The molecule has 0 spiro atoms. The maximum absolute atomic E-state index is 11.0. The van der Waals surface area contributed by atoms with Crippen LogP contribution in [0.4, 0.5) is 0 Å². The van der Waals surface area contributed by atoms with Crippen LogP contribution in [0.2, 0.25) is 0 Å². The van der Waals surface area contributed by atoms with Crippen LogP contribution in [0.5, 0.6) is 0 Å². The number of benzene rings is 1. The highest BCUT2D eigenvalue weighted by Crippen LogP contribution is 2.16. The molecule has 1 unspecified atom stereocenters. The maximum atomic E-state index is 11.0. The van der Waals surface area contributed by atoms with Gasteiger partial charge in [0.15, 0.2) is 0 Å². The van der Waals surface area contributed by atoms with Crippen molar-refractivity contribution in [3.63, 3.8) is 0 Å². The van der Waals surface area contributed by atoms with Crippen LogP contribution in [0.1, 0.15) is 34.9 Å². The van der Waals surface area contributed by atoms with Crippen LogP contribution in [0.15, 0.2) is 42.9 Å². The minimum absolute atomic E-state index is 0.0172. The Balaban J connectivity index is 1.90. The summed E-state index contributed by atoms with van der Waals surface area (Å²) in [5.41, 5.74) is 6.68. The van der Waals surface area contributed by atoms with E-state index >= 15 is 0 Å². The molecule has 0 fully saturated rings. The Kier molecular flexibility index (Phi) is 4.90. The van der Waals surface area contributed by atoms with E-state index in [2.05, 4.69) is 17.1 Å². The average Bonchev–Trinajstić information content (AvgIpc) is 2.94. The van der Waals surface area contributed by atoms with Gasteiger partial charge in [-0.2, -0.15) is 0 Å². The van der Waals surface area contributed by atoms with E-state index in [0.717, 1.165) is 19.3 Å². The first-order chi connectivity index (χ1) is 9.70. The lowest BCUT2D eigenvalue weighted by Crippen LogP contribution is -2.13. The van der Waals surface area contributed by atoms with Gasteiger partial charge in [-0.05, 0) is 24.8 Å². The van der Waals surface area contributed by atoms with E-state index in [1.165, 1.54) is 5.56 Å². The molecule has 0 aliphatic carbocycles. The predicted molar refractivity (Wildman–Crippen MR) is 76.2 cm³/mol. The zero-order valence-corrected chi connectivity index (χ0v) is 11.3. The molecule has 5 heteroatoms. The van der Waals surface area contributed by atoms with Gasteiger partial charge in [0, 0.05) is 6.20 Å². The number of primary amides is 1. The summed E-state index contributed by atoms with van der Waals surface area (Å²) in [5, 5.41) is 9.46. The monoisotopic (exact) mass is 273 g/mol. The number of aliphatic hydroxyl groups is 1. The van der Waals surface area contributed by atoms with E-state index in [-0.39, 0.29) is 18.3 Å². The van der Waals surface area contributed by atoms with Gasteiger partial charge in [0.2, 0.25) is 0 Å². The third-order valence-corrected chi connectivity index (χ3v) is 3.33. The molecule has 0 bridgehead atoms. The van der Waals surface area contributed by atoms with Gasteiger partial charge in [-0.25, -0.2) is 4.98 Å². The van der Waals surface area contributed by atoms with Gasteiger partial charge in [-0.15, -0.1) is 0 Å². The van der Waals surface area contributed by atoms with Gasteiger partial charge in [0.1, 0.15) is 5.69 Å². The van der Waals surface area contributed by atoms with Crippen molar-refractivity contribution in [3.05, 3.63) is 54.1 Å². The lowest BCUT2D eigenvalue weighted by Gasteiger charge is -2.15. The fourth-order valence-corrected chi connectivity index (χ4v) is 2.18. The molecule has 0 radical (unpaired) electrons. The number of rotatable bonds is 7. The first kappa shape index (κ1) is 14.3. The molecule has 1 amide bonds. The molecule has 0 aliphatic rings. The molecule has 5 nitrogen and oxygen atoms in total. The molecule has 1 aromatic carbocycles. The van der Waals surface area contributed by atoms with Crippen molar-refractivity contribution in [1.29, 1.82) is 0 Å². The van der Waals surface area contributed by atoms with Gasteiger partial charge < -0.3 is 15.4 Å². The van der Waals surface area contributed by atoms with Crippen LogP contribution in [0.25, 0.3) is 0 Å². The van der Waals surface area contributed by atoms with Crippen LogP contribution in [-0.2, 0) is 6.42 Å². The lowest BCUT2D eigenvalue weighted by molar-refractivity contribution is 0.0995. The van der Waals surface area contributed by atoms with E-state index in [9.17, 15) is 9.90 Å². The van der Waals surface area contributed by atoms with E-state index in [4.69, 9.17) is 5.73 Å². The van der Waals surface area contributed by atoms with Gasteiger partial charge in [-0.3, -0.25) is 4.79 Å². The van der Waals surface area contributed by atoms with Crippen molar-refractivity contribution >= 4 is 5.91 Å². The number of aryl methyl sites for hydroxylation is 1. The molecule has 1 atom stereocenters. The molecule has 1 heterocycles. The van der Waals surface area contributed by atoms with Crippen molar-refractivity contribution in [2.75, 3.05) is 6.61 Å². The van der Waals surface area contributed by atoms with Crippen LogP contribution in [-0.4, -0.2) is 27.2 Å². The van der Waals surface area contributed by atoms with Crippen molar-refractivity contribution in [3.8, 4) is 0 Å². The molecule has 0 saturated heterocycles. The standard InChI is InChI=1S/C15H19N3O2/c16-15(20)14-9-18(11-17-14)13(10-19)8-4-7-12-5-2-1-3-6-12/h1-3,5-6,9,11,13,19H,4,7-8,10H2,(H2,16,20). The predicted octanol–water partition coefficient (Wildman–Crippen LogP) is 1.54. The summed E-state index contributed by atoms with van der Waals surface area (Å²) in [5.74, 6) is -0.551. The highest BCUT2D eigenvalue weighted by molar-refractivity contribution is 5.90. The number of hydrogen-bond donors (Lipinski definition) is 2. The summed E-state index contributed by atoms with van der Waals surface area (Å²) < 4.78 is 1.76. The van der Waals surface area contributed by atoms with Crippen LogP contribution in [0, 0.1) is 0 Å². The van der Waals surface area contributed by atoms with Gasteiger partial charge >= 0.3 is 0 Å². The first-order valence-electron chi connectivity index (χ1n) is 6.68. The normalized spacial score (nSPS) is 12.2. The fraction of sp³-hybridized carbons (Fsp3) is 0.333. The molecule has 2 aromatic rings. The molecule has 20 heavy (non-hydrogen) atoms. The maximum Gasteiger partial charge on any atom is 0.268 e. The number of aromatic nitrogens is 2. The Morgan fingerprint density at radius 2 is 2.10 bits per heavy atom.